The van der Waals surface area contributed by atoms with Gasteiger partial charge in [-0.2, -0.15) is 0 Å². The zero-order chi connectivity index (χ0) is 15.9. The Bertz CT molecular complexity index is 641. The highest BCUT2D eigenvalue weighted by Gasteiger charge is 2.47. The summed E-state index contributed by atoms with van der Waals surface area (Å²) in [6.07, 6.45) is 5.67. The van der Waals surface area contributed by atoms with Gasteiger partial charge in [0.05, 0.1) is 7.11 Å². The Morgan fingerprint density at radius 3 is 2.82 bits per heavy atom. The molecule has 1 aromatic carbocycles. The average molecular weight is 298 g/mol. The van der Waals surface area contributed by atoms with Crippen molar-refractivity contribution in [2.24, 2.45) is 11.3 Å². The quantitative estimate of drug-likeness (QED) is 0.797. The number of unbranched alkanes of at least 4 members (excludes halogenated alkanes) is 1. The van der Waals surface area contributed by atoms with Crippen molar-refractivity contribution in [3.05, 3.63) is 34.9 Å². The van der Waals surface area contributed by atoms with Crippen LogP contribution in [-0.2, 0) is 11.2 Å². The van der Waals surface area contributed by atoms with E-state index in [1.807, 2.05) is 13.0 Å². The number of hydrogen-bond donors (Lipinski definition) is 0. The molecule has 0 saturated heterocycles. The summed E-state index contributed by atoms with van der Waals surface area (Å²) >= 11 is 0. The van der Waals surface area contributed by atoms with Crippen LogP contribution in [0.3, 0.4) is 0 Å². The summed E-state index contributed by atoms with van der Waals surface area (Å²) in [7, 11) is 1.71. The Labute approximate surface area is 133 Å². The number of benzene rings is 1. The van der Waals surface area contributed by atoms with E-state index in [0.29, 0.717) is 5.78 Å². The Kier molecular flexibility index (Phi) is 3.88. The Hall–Kier alpha value is -1.57. The van der Waals surface area contributed by atoms with E-state index in [1.165, 1.54) is 36.0 Å². The molecule has 0 aromatic heterocycles. The number of rotatable bonds is 4. The van der Waals surface area contributed by atoms with Gasteiger partial charge >= 0.3 is 0 Å². The molecule has 0 amide bonds. The molecule has 2 heteroatoms. The number of ketones is 1. The first-order valence-electron chi connectivity index (χ1n) is 8.45. The van der Waals surface area contributed by atoms with E-state index >= 15 is 0 Å². The van der Waals surface area contributed by atoms with Gasteiger partial charge in [0.25, 0.3) is 0 Å². The third-order valence-electron chi connectivity index (χ3n) is 5.54. The number of fused-ring (bicyclic) bond motifs is 3. The maximum Gasteiger partial charge on any atom is 0.161 e. The zero-order valence-electron chi connectivity index (χ0n) is 14.2. The highest BCUT2D eigenvalue weighted by molar-refractivity contribution is 6.07. The van der Waals surface area contributed by atoms with Crippen molar-refractivity contribution in [1.82, 2.24) is 0 Å². The van der Waals surface area contributed by atoms with Crippen molar-refractivity contribution >= 4 is 11.4 Å². The molecule has 22 heavy (non-hydrogen) atoms. The van der Waals surface area contributed by atoms with Crippen LogP contribution in [-0.4, -0.2) is 12.9 Å². The monoisotopic (exact) mass is 298 g/mol. The first kappa shape index (κ1) is 15.3. The van der Waals surface area contributed by atoms with Gasteiger partial charge in [-0.1, -0.05) is 32.8 Å². The Morgan fingerprint density at radius 2 is 2.14 bits per heavy atom. The number of ether oxygens (including phenoxy) is 1. The molecule has 2 aliphatic carbocycles. The maximum absolute atomic E-state index is 12.5. The van der Waals surface area contributed by atoms with Gasteiger partial charge in [-0.15, -0.1) is 0 Å². The van der Waals surface area contributed by atoms with E-state index in [4.69, 9.17) is 4.74 Å². The summed E-state index contributed by atoms with van der Waals surface area (Å²) in [4.78, 5) is 12.5. The van der Waals surface area contributed by atoms with Crippen LogP contribution in [0.5, 0.6) is 5.75 Å². The van der Waals surface area contributed by atoms with Crippen LogP contribution < -0.4 is 4.74 Å². The molecule has 0 heterocycles. The molecule has 0 bridgehead atoms. The lowest BCUT2D eigenvalue weighted by Gasteiger charge is -2.38. The van der Waals surface area contributed by atoms with Crippen molar-refractivity contribution in [3.63, 3.8) is 0 Å². The molecule has 2 atom stereocenters. The number of carbonyl (C=O) groups is 1. The molecule has 0 fully saturated rings. The summed E-state index contributed by atoms with van der Waals surface area (Å²) in [6, 6.07) is 6.35. The molecule has 0 N–H and O–H groups in total. The number of carbonyl (C=O) groups excluding carboxylic acids is 1. The fraction of sp³-hybridized carbons (Fsp3) is 0.550. The number of allylic oxidation sites excluding steroid dienone is 2. The van der Waals surface area contributed by atoms with E-state index in [9.17, 15) is 4.79 Å². The van der Waals surface area contributed by atoms with Crippen molar-refractivity contribution in [2.75, 3.05) is 7.11 Å². The normalized spacial score (nSPS) is 26.9. The van der Waals surface area contributed by atoms with E-state index in [0.717, 1.165) is 24.2 Å². The molecule has 118 valence electrons. The summed E-state index contributed by atoms with van der Waals surface area (Å²) in [5.74, 6) is 1.41. The van der Waals surface area contributed by atoms with Crippen LogP contribution in [0.15, 0.2) is 23.8 Å². The maximum atomic E-state index is 12.5. The van der Waals surface area contributed by atoms with Gasteiger partial charge in [0, 0.05) is 11.3 Å². The molecule has 2 nitrogen and oxygen atoms in total. The second kappa shape index (κ2) is 5.57. The van der Waals surface area contributed by atoms with Crippen LogP contribution in [0.4, 0.5) is 0 Å². The van der Waals surface area contributed by atoms with Crippen molar-refractivity contribution in [2.45, 2.75) is 52.9 Å². The van der Waals surface area contributed by atoms with Gasteiger partial charge in [-0.3, -0.25) is 4.79 Å². The predicted molar refractivity (Wildman–Crippen MR) is 90.0 cm³/mol. The SMILES string of the molecule is CCCCC12Cc3cc(OC)ccc3C1=C(C)C(=O)C(C)C2. The Morgan fingerprint density at radius 1 is 1.36 bits per heavy atom. The third kappa shape index (κ3) is 2.20. The zero-order valence-corrected chi connectivity index (χ0v) is 14.2. The molecular weight excluding hydrogens is 272 g/mol. The second-order valence-electron chi connectivity index (χ2n) is 7.05. The number of hydrogen-bond acceptors (Lipinski definition) is 2. The molecule has 2 unspecified atom stereocenters. The van der Waals surface area contributed by atoms with E-state index in [1.54, 1.807) is 7.11 Å². The molecule has 0 aliphatic heterocycles. The number of Topliss-reactive ketones (excluding diaryl/α,β-unsaturated/α-hetero) is 1. The summed E-state index contributed by atoms with van der Waals surface area (Å²) in [5.41, 5.74) is 5.14. The van der Waals surface area contributed by atoms with E-state index in [2.05, 4.69) is 26.0 Å². The van der Waals surface area contributed by atoms with Crippen molar-refractivity contribution in [3.8, 4) is 5.75 Å². The van der Waals surface area contributed by atoms with Crippen LogP contribution in [0.25, 0.3) is 5.57 Å². The first-order valence-corrected chi connectivity index (χ1v) is 8.45. The largest absolute Gasteiger partial charge is 0.497 e. The summed E-state index contributed by atoms with van der Waals surface area (Å²) < 4.78 is 5.39. The molecule has 3 rings (SSSR count). The molecule has 1 aromatic rings. The average Bonchev–Trinajstić information content (AvgIpc) is 2.83. The van der Waals surface area contributed by atoms with Gasteiger partial charge < -0.3 is 4.74 Å². The van der Waals surface area contributed by atoms with Gasteiger partial charge in [-0.05, 0) is 60.6 Å². The van der Waals surface area contributed by atoms with Gasteiger partial charge in [0.1, 0.15) is 5.75 Å². The van der Waals surface area contributed by atoms with Crippen LogP contribution in [0, 0.1) is 11.3 Å². The van der Waals surface area contributed by atoms with Gasteiger partial charge in [-0.25, -0.2) is 0 Å². The fourth-order valence-electron chi connectivity index (χ4n) is 4.60. The lowest BCUT2D eigenvalue weighted by molar-refractivity contribution is -0.120. The molecule has 2 aliphatic rings. The highest BCUT2D eigenvalue weighted by Crippen LogP contribution is 2.57. The van der Waals surface area contributed by atoms with Crippen LogP contribution >= 0.6 is 0 Å². The minimum Gasteiger partial charge on any atom is -0.497 e. The number of methoxy groups -OCH3 is 1. The highest BCUT2D eigenvalue weighted by atomic mass is 16.5. The lowest BCUT2D eigenvalue weighted by atomic mass is 9.64. The van der Waals surface area contributed by atoms with Crippen LogP contribution in [0.1, 0.15) is 57.6 Å². The predicted octanol–water partition coefficient (Wildman–Crippen LogP) is 4.81. The second-order valence-corrected chi connectivity index (χ2v) is 7.05. The standard InChI is InChI=1S/C20H26O2/c1-5-6-9-20-11-13(2)19(21)14(3)18(20)17-8-7-16(22-4)10-15(17)12-20/h7-8,10,13H,5-6,9,11-12H2,1-4H3. The molecule has 0 radical (unpaired) electrons. The van der Waals surface area contributed by atoms with E-state index < -0.39 is 0 Å². The fourth-order valence-corrected chi connectivity index (χ4v) is 4.60. The Balaban J connectivity index is 2.14. The molecule has 0 saturated carbocycles. The molecule has 0 spiro atoms. The first-order chi connectivity index (χ1) is 10.5. The minimum absolute atomic E-state index is 0.150. The summed E-state index contributed by atoms with van der Waals surface area (Å²) in [6.45, 7) is 6.38. The smallest absolute Gasteiger partial charge is 0.161 e. The third-order valence-corrected chi connectivity index (χ3v) is 5.54. The van der Waals surface area contributed by atoms with Gasteiger partial charge in [0.15, 0.2) is 5.78 Å². The van der Waals surface area contributed by atoms with Crippen molar-refractivity contribution < 1.29 is 9.53 Å². The van der Waals surface area contributed by atoms with Crippen molar-refractivity contribution in [1.29, 1.82) is 0 Å². The molecular formula is C20H26O2. The van der Waals surface area contributed by atoms with Gasteiger partial charge in [0.2, 0.25) is 0 Å². The minimum atomic E-state index is 0.150. The van der Waals surface area contributed by atoms with E-state index in [-0.39, 0.29) is 11.3 Å². The van der Waals surface area contributed by atoms with Crippen LogP contribution in [0.2, 0.25) is 0 Å². The lowest BCUT2D eigenvalue weighted by Crippen LogP contribution is -2.33. The summed E-state index contributed by atoms with van der Waals surface area (Å²) in [5, 5.41) is 0. The topological polar surface area (TPSA) is 26.3 Å².